The van der Waals surface area contributed by atoms with Gasteiger partial charge in [0.1, 0.15) is 5.69 Å². The number of ketones is 1. The first-order chi connectivity index (χ1) is 23.5. The van der Waals surface area contributed by atoms with Crippen LogP contribution in [0.15, 0.2) is 60.9 Å². The standard InChI is InChI=1S/C36H37F3N6O4/c1-25-5-7-28(22-27(25)9-10-30-23-41-33-4-2-14-42-45(30)33)32(46)21-26-6-8-29(31(20-26)36(37,38)39)24-44-18-16-43(17-19-44)15-3-13-40-34(47)11-12-35(48)49/h2,4-8,14,20,22-23H,3,11-13,15-19,21,24H2,1H3,(H,40,47)(H,48,49). The van der Waals surface area contributed by atoms with E-state index in [1.54, 1.807) is 47.2 Å². The van der Waals surface area contributed by atoms with Crippen molar-refractivity contribution in [2.24, 2.45) is 0 Å². The summed E-state index contributed by atoms with van der Waals surface area (Å²) >= 11 is 0. The number of carboxylic acids is 1. The summed E-state index contributed by atoms with van der Waals surface area (Å²) in [4.78, 5) is 43.9. The number of amides is 1. The molecule has 13 heteroatoms. The van der Waals surface area contributed by atoms with Crippen molar-refractivity contribution in [3.63, 3.8) is 0 Å². The number of carboxylic acid groups (broad SMARTS) is 1. The van der Waals surface area contributed by atoms with Gasteiger partial charge in [-0.3, -0.25) is 19.3 Å². The number of hydrogen-bond donors (Lipinski definition) is 2. The maximum absolute atomic E-state index is 14.2. The Morgan fingerprint density at radius 3 is 2.51 bits per heavy atom. The van der Waals surface area contributed by atoms with Gasteiger partial charge < -0.3 is 15.3 Å². The zero-order chi connectivity index (χ0) is 35.0. The molecule has 0 saturated carbocycles. The van der Waals surface area contributed by atoms with Crippen LogP contribution in [0.5, 0.6) is 0 Å². The minimum atomic E-state index is -4.58. The Kier molecular flexibility index (Phi) is 11.4. The highest BCUT2D eigenvalue weighted by Crippen LogP contribution is 2.34. The number of piperazine rings is 1. The smallest absolute Gasteiger partial charge is 0.416 e. The number of carbonyl (C=O) groups is 3. The molecule has 1 saturated heterocycles. The number of imidazole rings is 1. The molecule has 5 rings (SSSR count). The van der Waals surface area contributed by atoms with Gasteiger partial charge >= 0.3 is 12.1 Å². The van der Waals surface area contributed by atoms with Crippen molar-refractivity contribution in [2.45, 2.75) is 45.3 Å². The van der Waals surface area contributed by atoms with Gasteiger partial charge in [0, 0.05) is 69.4 Å². The summed E-state index contributed by atoms with van der Waals surface area (Å²) in [5.41, 5.74) is 2.79. The highest BCUT2D eigenvalue weighted by Gasteiger charge is 2.34. The number of nitrogens with one attached hydrogen (secondary N) is 1. The van der Waals surface area contributed by atoms with Crippen LogP contribution in [-0.2, 0) is 28.7 Å². The maximum Gasteiger partial charge on any atom is 0.416 e. The molecule has 0 atom stereocenters. The zero-order valence-corrected chi connectivity index (χ0v) is 27.1. The van der Waals surface area contributed by atoms with Crippen LogP contribution >= 0.6 is 0 Å². The first-order valence-corrected chi connectivity index (χ1v) is 16.0. The van der Waals surface area contributed by atoms with Crippen molar-refractivity contribution >= 4 is 23.3 Å². The van der Waals surface area contributed by atoms with E-state index in [0.29, 0.717) is 61.6 Å². The summed E-state index contributed by atoms with van der Waals surface area (Å²) in [7, 11) is 0. The van der Waals surface area contributed by atoms with Gasteiger partial charge in [-0.25, -0.2) is 9.50 Å². The van der Waals surface area contributed by atoms with Gasteiger partial charge in [0.15, 0.2) is 11.4 Å². The number of aryl methyl sites for hydroxylation is 1. The van der Waals surface area contributed by atoms with Crippen molar-refractivity contribution in [2.75, 3.05) is 39.3 Å². The molecule has 0 aliphatic carbocycles. The summed E-state index contributed by atoms with van der Waals surface area (Å²) in [6.07, 6.45) is -1.09. The second-order valence-electron chi connectivity index (χ2n) is 12.0. The molecule has 1 aliphatic rings. The number of nitrogens with zero attached hydrogens (tertiary/aromatic N) is 5. The first kappa shape index (κ1) is 35.3. The predicted octanol–water partition coefficient (Wildman–Crippen LogP) is 4.37. The normalized spacial score (nSPS) is 14.0. The van der Waals surface area contributed by atoms with Gasteiger partial charge in [-0.05, 0) is 66.8 Å². The summed E-state index contributed by atoms with van der Waals surface area (Å²) in [6.45, 7) is 5.71. The molecule has 0 bridgehead atoms. The lowest BCUT2D eigenvalue weighted by Gasteiger charge is -2.35. The molecule has 2 aromatic heterocycles. The van der Waals surface area contributed by atoms with Crippen LogP contribution in [0.1, 0.15) is 63.1 Å². The first-order valence-electron chi connectivity index (χ1n) is 16.0. The Balaban J connectivity index is 1.17. The van der Waals surface area contributed by atoms with E-state index in [9.17, 15) is 27.6 Å². The highest BCUT2D eigenvalue weighted by molar-refractivity contribution is 5.98. The van der Waals surface area contributed by atoms with Crippen LogP contribution in [0.3, 0.4) is 0 Å². The molecule has 256 valence electrons. The van der Waals surface area contributed by atoms with Crippen molar-refractivity contribution in [1.82, 2.24) is 29.7 Å². The Bertz CT molecular complexity index is 1890. The molecule has 4 aromatic rings. The Morgan fingerprint density at radius 2 is 1.76 bits per heavy atom. The van der Waals surface area contributed by atoms with Gasteiger partial charge in [-0.1, -0.05) is 30.2 Å². The van der Waals surface area contributed by atoms with E-state index in [1.807, 2.05) is 17.9 Å². The predicted molar refractivity (Wildman–Crippen MR) is 176 cm³/mol. The Hall–Kier alpha value is -5.06. The number of alkyl halides is 3. The van der Waals surface area contributed by atoms with Crippen LogP contribution in [-0.4, -0.2) is 86.4 Å². The van der Waals surface area contributed by atoms with Crippen molar-refractivity contribution in [3.8, 4) is 11.8 Å². The van der Waals surface area contributed by atoms with E-state index in [1.165, 1.54) is 6.07 Å². The summed E-state index contributed by atoms with van der Waals surface area (Å²) in [6, 6.07) is 12.8. The minimum Gasteiger partial charge on any atom is -0.481 e. The van der Waals surface area contributed by atoms with Gasteiger partial charge in [-0.15, -0.1) is 0 Å². The van der Waals surface area contributed by atoms with Crippen LogP contribution in [0.4, 0.5) is 13.2 Å². The molecule has 0 radical (unpaired) electrons. The van der Waals surface area contributed by atoms with Crippen LogP contribution in [0.25, 0.3) is 5.65 Å². The number of hydrogen-bond acceptors (Lipinski definition) is 7. The van der Waals surface area contributed by atoms with Crippen LogP contribution < -0.4 is 5.32 Å². The Morgan fingerprint density at radius 1 is 0.980 bits per heavy atom. The second-order valence-corrected chi connectivity index (χ2v) is 12.0. The summed E-state index contributed by atoms with van der Waals surface area (Å²) < 4.78 is 44.3. The average Bonchev–Trinajstić information content (AvgIpc) is 3.49. The molecule has 0 spiro atoms. The third-order valence-corrected chi connectivity index (χ3v) is 8.41. The maximum atomic E-state index is 14.2. The topological polar surface area (TPSA) is 120 Å². The van der Waals surface area contributed by atoms with Gasteiger partial charge in [0.25, 0.3) is 0 Å². The molecular formula is C36H37F3N6O4. The molecule has 1 aliphatic heterocycles. The van der Waals surface area contributed by atoms with Crippen molar-refractivity contribution in [3.05, 3.63) is 100.0 Å². The Labute approximate surface area is 281 Å². The zero-order valence-electron chi connectivity index (χ0n) is 27.1. The highest BCUT2D eigenvalue weighted by atomic mass is 19.4. The molecule has 10 nitrogen and oxygen atoms in total. The quantitative estimate of drug-likeness (QED) is 0.129. The van der Waals surface area contributed by atoms with Gasteiger partial charge in [-0.2, -0.15) is 18.3 Å². The third kappa shape index (κ3) is 9.74. The lowest BCUT2D eigenvalue weighted by Crippen LogP contribution is -2.46. The lowest BCUT2D eigenvalue weighted by molar-refractivity contribution is -0.139. The van der Waals surface area contributed by atoms with Crippen LogP contribution in [0, 0.1) is 18.8 Å². The number of rotatable bonds is 12. The van der Waals surface area contributed by atoms with E-state index >= 15 is 0 Å². The van der Waals surface area contributed by atoms with Gasteiger partial charge in [0.2, 0.25) is 5.91 Å². The SMILES string of the molecule is Cc1ccc(C(=O)Cc2ccc(CN3CCN(CCCNC(=O)CCC(=O)O)CC3)c(C(F)(F)F)c2)cc1C#Cc1cnc2cccnn12. The number of aromatic nitrogens is 3. The number of carbonyl (C=O) groups excluding carboxylic acids is 2. The molecular weight excluding hydrogens is 637 g/mol. The minimum absolute atomic E-state index is 0.0565. The lowest BCUT2D eigenvalue weighted by atomic mass is 9.96. The largest absolute Gasteiger partial charge is 0.481 e. The monoisotopic (exact) mass is 674 g/mol. The average molecular weight is 675 g/mol. The molecule has 1 amide bonds. The fourth-order valence-corrected chi connectivity index (χ4v) is 5.65. The van der Waals surface area contributed by atoms with Crippen molar-refractivity contribution in [1.29, 1.82) is 0 Å². The van der Waals surface area contributed by atoms with E-state index in [-0.39, 0.29) is 48.6 Å². The van der Waals surface area contributed by atoms with Gasteiger partial charge in [0.05, 0.1) is 18.2 Å². The van der Waals surface area contributed by atoms with Crippen LogP contribution in [0.2, 0.25) is 0 Å². The molecule has 2 N–H and O–H groups in total. The fourth-order valence-electron chi connectivity index (χ4n) is 5.65. The number of Topliss-reactive ketones (excluding diaryl/α,β-unsaturated/α-hetero) is 1. The van der Waals surface area contributed by atoms with E-state index in [4.69, 9.17) is 5.11 Å². The molecule has 49 heavy (non-hydrogen) atoms. The van der Waals surface area contributed by atoms with E-state index in [2.05, 4.69) is 32.1 Å². The molecule has 2 aromatic carbocycles. The van der Waals surface area contributed by atoms with E-state index in [0.717, 1.165) is 18.2 Å². The van der Waals surface area contributed by atoms with E-state index < -0.39 is 17.7 Å². The summed E-state index contributed by atoms with van der Waals surface area (Å²) in [5, 5.41) is 15.6. The number of halogens is 3. The molecule has 3 heterocycles. The fraction of sp³-hybridized carbons (Fsp3) is 0.361. The second kappa shape index (κ2) is 15.9. The number of fused-ring (bicyclic) bond motifs is 1. The number of benzene rings is 2. The summed E-state index contributed by atoms with van der Waals surface area (Å²) in [5.74, 6) is 4.50. The molecule has 0 unspecified atom stereocenters. The third-order valence-electron chi connectivity index (χ3n) is 8.41. The molecule has 1 fully saturated rings. The van der Waals surface area contributed by atoms with Crippen molar-refractivity contribution < 1.29 is 32.7 Å². The number of aliphatic carboxylic acids is 1.